The van der Waals surface area contributed by atoms with Crippen LogP contribution in [-0.4, -0.2) is 19.0 Å². The standard InChI is InChI=1S/C19H17N2O2/c1-20(2)16-10-6-14(7-11-16)18-4-3-5-19(18)15-8-12-17(13-9-15)21(22)23/h3-13H,1-2H3. The third-order valence-corrected chi connectivity index (χ3v) is 3.90. The lowest BCUT2D eigenvalue weighted by molar-refractivity contribution is -0.384. The van der Waals surface area contributed by atoms with E-state index in [2.05, 4.69) is 35.6 Å². The number of benzene rings is 2. The summed E-state index contributed by atoms with van der Waals surface area (Å²) >= 11 is 0. The molecular weight excluding hydrogens is 288 g/mol. The summed E-state index contributed by atoms with van der Waals surface area (Å²) in [5.74, 6) is 2.21. The predicted molar refractivity (Wildman–Crippen MR) is 91.5 cm³/mol. The molecule has 0 heterocycles. The summed E-state index contributed by atoms with van der Waals surface area (Å²) in [6.07, 6.45) is 6.11. The summed E-state index contributed by atoms with van der Waals surface area (Å²) in [6, 6.07) is 15.0. The fourth-order valence-corrected chi connectivity index (χ4v) is 2.63. The summed E-state index contributed by atoms with van der Waals surface area (Å²) in [7, 11) is 4.03. The second-order valence-corrected chi connectivity index (χ2v) is 5.60. The molecule has 23 heavy (non-hydrogen) atoms. The van der Waals surface area contributed by atoms with E-state index in [0.717, 1.165) is 28.7 Å². The van der Waals surface area contributed by atoms with E-state index in [0.29, 0.717) is 0 Å². The van der Waals surface area contributed by atoms with E-state index in [4.69, 9.17) is 0 Å². The molecule has 1 fully saturated rings. The average molecular weight is 305 g/mol. The van der Waals surface area contributed by atoms with E-state index in [9.17, 15) is 10.1 Å². The fraction of sp³-hybridized carbons (Fsp3) is 0.105. The first-order chi connectivity index (χ1) is 11.1. The molecule has 0 N–H and O–H groups in total. The van der Waals surface area contributed by atoms with Crippen LogP contribution < -0.4 is 4.90 Å². The zero-order valence-corrected chi connectivity index (χ0v) is 13.1. The SMILES string of the molecule is CN(C)c1ccc([C]2[CH][CH][CH][C]2c2ccc([N+](=O)[O-])cc2)cc1. The predicted octanol–water partition coefficient (Wildman–Crippen LogP) is 3.83. The number of hydrogen-bond donors (Lipinski definition) is 0. The van der Waals surface area contributed by atoms with Gasteiger partial charge in [0, 0.05) is 43.8 Å². The molecule has 0 bridgehead atoms. The Balaban J connectivity index is 1.83. The van der Waals surface area contributed by atoms with E-state index in [1.165, 1.54) is 0 Å². The van der Waals surface area contributed by atoms with Gasteiger partial charge in [0.25, 0.3) is 5.69 Å². The molecule has 1 aliphatic carbocycles. The molecule has 2 aromatic rings. The van der Waals surface area contributed by atoms with Crippen LogP contribution in [0.25, 0.3) is 0 Å². The Morgan fingerprint density at radius 2 is 1.30 bits per heavy atom. The molecule has 0 atom stereocenters. The monoisotopic (exact) mass is 305 g/mol. The van der Waals surface area contributed by atoms with Gasteiger partial charge in [-0.1, -0.05) is 24.3 Å². The Morgan fingerprint density at radius 1 is 0.826 bits per heavy atom. The van der Waals surface area contributed by atoms with Crippen LogP contribution in [-0.2, 0) is 0 Å². The first kappa shape index (κ1) is 15.5. The minimum Gasteiger partial charge on any atom is -0.378 e. The van der Waals surface area contributed by atoms with Crippen molar-refractivity contribution < 1.29 is 4.92 Å². The Kier molecular flexibility index (Phi) is 4.33. The van der Waals surface area contributed by atoms with E-state index in [1.807, 2.05) is 26.9 Å². The van der Waals surface area contributed by atoms with Crippen LogP contribution >= 0.6 is 0 Å². The largest absolute Gasteiger partial charge is 0.378 e. The minimum atomic E-state index is -0.379. The van der Waals surface area contributed by atoms with Crippen molar-refractivity contribution in [1.29, 1.82) is 0 Å². The quantitative estimate of drug-likeness (QED) is 0.637. The highest BCUT2D eigenvalue weighted by atomic mass is 16.6. The van der Waals surface area contributed by atoms with Crippen LogP contribution in [0, 0.1) is 41.2 Å². The summed E-state index contributed by atoms with van der Waals surface area (Å²) in [6.45, 7) is 0. The smallest absolute Gasteiger partial charge is 0.269 e. The van der Waals surface area contributed by atoms with Gasteiger partial charge in [0.1, 0.15) is 0 Å². The molecule has 0 aliphatic heterocycles. The van der Waals surface area contributed by atoms with Gasteiger partial charge in [-0.15, -0.1) is 0 Å². The Hall–Kier alpha value is -2.36. The van der Waals surface area contributed by atoms with Gasteiger partial charge < -0.3 is 4.90 Å². The van der Waals surface area contributed by atoms with Crippen LogP contribution in [0.1, 0.15) is 11.1 Å². The average Bonchev–Trinajstić information content (AvgIpc) is 3.04. The number of anilines is 1. The van der Waals surface area contributed by atoms with Crippen LogP contribution in [0.4, 0.5) is 11.4 Å². The summed E-state index contributed by atoms with van der Waals surface area (Å²) < 4.78 is 0. The highest BCUT2D eigenvalue weighted by molar-refractivity contribution is 5.64. The molecule has 4 nitrogen and oxygen atoms in total. The molecule has 1 aliphatic rings. The second kappa shape index (κ2) is 6.41. The van der Waals surface area contributed by atoms with Crippen LogP contribution in [0.15, 0.2) is 48.5 Å². The zero-order chi connectivity index (χ0) is 16.4. The molecule has 115 valence electrons. The van der Waals surface area contributed by atoms with Gasteiger partial charge in [0.15, 0.2) is 0 Å². The van der Waals surface area contributed by atoms with Gasteiger partial charge >= 0.3 is 0 Å². The fourth-order valence-electron chi connectivity index (χ4n) is 2.63. The number of nitrogens with zero attached hydrogens (tertiary/aromatic N) is 2. The number of nitro groups is 1. The van der Waals surface area contributed by atoms with Crippen molar-refractivity contribution in [3.05, 3.63) is 101 Å². The number of non-ortho nitro benzene ring substituents is 1. The first-order valence-corrected chi connectivity index (χ1v) is 7.34. The number of rotatable bonds is 4. The highest BCUT2D eigenvalue weighted by Gasteiger charge is 2.32. The van der Waals surface area contributed by atoms with Crippen molar-refractivity contribution in [2.45, 2.75) is 0 Å². The Labute approximate surface area is 136 Å². The summed E-state index contributed by atoms with van der Waals surface area (Å²) in [5.41, 5.74) is 3.37. The van der Waals surface area contributed by atoms with E-state index in [-0.39, 0.29) is 10.6 Å². The van der Waals surface area contributed by atoms with Gasteiger partial charge in [-0.3, -0.25) is 10.1 Å². The second-order valence-electron chi connectivity index (χ2n) is 5.60. The maximum atomic E-state index is 10.8. The van der Waals surface area contributed by atoms with Gasteiger partial charge in [0.2, 0.25) is 0 Å². The first-order valence-electron chi connectivity index (χ1n) is 7.34. The molecule has 5 radical (unpaired) electrons. The van der Waals surface area contributed by atoms with E-state index in [1.54, 1.807) is 24.3 Å². The Morgan fingerprint density at radius 3 is 1.74 bits per heavy atom. The molecule has 2 aromatic carbocycles. The van der Waals surface area contributed by atoms with Crippen molar-refractivity contribution in [1.82, 2.24) is 0 Å². The third-order valence-electron chi connectivity index (χ3n) is 3.90. The zero-order valence-electron chi connectivity index (χ0n) is 13.1. The minimum absolute atomic E-state index is 0.109. The third kappa shape index (κ3) is 3.21. The molecule has 0 saturated heterocycles. The van der Waals surface area contributed by atoms with Crippen LogP contribution in [0.2, 0.25) is 0 Å². The Bertz CT molecular complexity index is 678. The lowest BCUT2D eigenvalue weighted by atomic mass is 9.84. The maximum Gasteiger partial charge on any atom is 0.269 e. The molecule has 0 spiro atoms. The highest BCUT2D eigenvalue weighted by Crippen LogP contribution is 2.43. The summed E-state index contributed by atoms with van der Waals surface area (Å²) in [5, 5.41) is 10.8. The molecule has 0 aromatic heterocycles. The number of hydrogen-bond acceptors (Lipinski definition) is 3. The van der Waals surface area contributed by atoms with Crippen molar-refractivity contribution in [2.75, 3.05) is 19.0 Å². The molecular formula is C19H17N2O2. The van der Waals surface area contributed by atoms with Gasteiger partial charge in [-0.25, -0.2) is 0 Å². The van der Waals surface area contributed by atoms with Crippen molar-refractivity contribution in [2.24, 2.45) is 0 Å². The van der Waals surface area contributed by atoms with Gasteiger partial charge in [0.05, 0.1) is 4.92 Å². The van der Waals surface area contributed by atoms with Gasteiger partial charge in [-0.2, -0.15) is 0 Å². The molecule has 4 heteroatoms. The van der Waals surface area contributed by atoms with E-state index >= 15 is 0 Å². The topological polar surface area (TPSA) is 46.4 Å². The van der Waals surface area contributed by atoms with Crippen LogP contribution in [0.5, 0.6) is 0 Å². The van der Waals surface area contributed by atoms with E-state index < -0.39 is 0 Å². The van der Waals surface area contributed by atoms with Crippen molar-refractivity contribution in [3.63, 3.8) is 0 Å². The lowest BCUT2D eigenvalue weighted by Gasteiger charge is -2.20. The lowest BCUT2D eigenvalue weighted by Crippen LogP contribution is -2.10. The molecule has 3 rings (SSSR count). The normalized spacial score (nSPS) is 15.7. The summed E-state index contributed by atoms with van der Waals surface area (Å²) in [4.78, 5) is 12.5. The van der Waals surface area contributed by atoms with Crippen LogP contribution in [0.3, 0.4) is 0 Å². The van der Waals surface area contributed by atoms with Gasteiger partial charge in [-0.05, 0) is 42.5 Å². The number of nitro benzene ring substituents is 1. The molecule has 0 unspecified atom stereocenters. The van der Waals surface area contributed by atoms with Crippen molar-refractivity contribution in [3.8, 4) is 0 Å². The molecule has 0 amide bonds. The van der Waals surface area contributed by atoms with Crippen molar-refractivity contribution >= 4 is 11.4 Å². The molecule has 1 saturated carbocycles. The maximum absolute atomic E-state index is 10.8.